The monoisotopic (exact) mass is 434 g/mol. The second-order valence-corrected chi connectivity index (χ2v) is 8.60. The molecule has 0 saturated heterocycles. The minimum atomic E-state index is -0.373. The van der Waals surface area contributed by atoms with E-state index in [0.29, 0.717) is 0 Å². The van der Waals surface area contributed by atoms with Gasteiger partial charge in [0.1, 0.15) is 6.23 Å². The second-order valence-electron chi connectivity index (χ2n) is 7.20. The molecule has 0 spiro atoms. The van der Waals surface area contributed by atoms with Gasteiger partial charge in [0.25, 0.3) is 0 Å². The van der Waals surface area contributed by atoms with Gasteiger partial charge in [0.15, 0.2) is 0 Å². The first-order valence-electron chi connectivity index (χ1n) is 12.1. The number of aliphatic hydroxyl groups excluding tert-OH is 1. The van der Waals surface area contributed by atoms with E-state index < -0.39 is 0 Å². The Labute approximate surface area is 191 Å². The van der Waals surface area contributed by atoms with Gasteiger partial charge in [-0.3, -0.25) is 5.32 Å². The molecule has 2 N–H and O–H groups in total. The van der Waals surface area contributed by atoms with Crippen LogP contribution in [0, 0.1) is 0 Å². The van der Waals surface area contributed by atoms with Gasteiger partial charge in [-0.2, -0.15) is 11.8 Å². The molecule has 0 aliphatic rings. The molecule has 4 heteroatoms. The first-order valence-corrected chi connectivity index (χ1v) is 13.2. The maximum absolute atomic E-state index is 10.1. The molecule has 3 nitrogen and oxygen atoms in total. The molecule has 0 aromatic heterocycles. The van der Waals surface area contributed by atoms with E-state index in [9.17, 15) is 5.11 Å². The van der Waals surface area contributed by atoms with E-state index in [4.69, 9.17) is 0 Å². The van der Waals surface area contributed by atoms with Crippen LogP contribution in [0.5, 0.6) is 0 Å². The number of nitrogens with zero attached hydrogens (tertiary/aromatic N) is 1. The van der Waals surface area contributed by atoms with Gasteiger partial charge in [-0.15, -0.1) is 6.58 Å². The van der Waals surface area contributed by atoms with Gasteiger partial charge in [0.05, 0.1) is 0 Å². The minimum Gasteiger partial charge on any atom is -0.379 e. The third-order valence-electron chi connectivity index (χ3n) is 4.78. The molecule has 0 bridgehead atoms. The van der Waals surface area contributed by atoms with E-state index in [2.05, 4.69) is 30.6 Å². The van der Waals surface area contributed by atoms with Crippen molar-refractivity contribution in [1.29, 1.82) is 0 Å². The predicted octanol–water partition coefficient (Wildman–Crippen LogP) is 7.35. The third kappa shape index (κ3) is 28.0. The van der Waals surface area contributed by atoms with Crippen LogP contribution >= 0.6 is 11.8 Å². The van der Waals surface area contributed by atoms with Crippen LogP contribution in [0.2, 0.25) is 0 Å². The SMILES string of the molecule is C.C=CCCN(CCCCCCCCCCC)CCC(O)NCCSCC.CC.[HH]. The lowest BCUT2D eigenvalue weighted by atomic mass is 10.1. The van der Waals surface area contributed by atoms with Gasteiger partial charge in [0.2, 0.25) is 0 Å². The Balaban J connectivity index is -0.000000817. The maximum Gasteiger partial charge on any atom is 0.106 e. The lowest BCUT2D eigenvalue weighted by Crippen LogP contribution is -2.36. The highest BCUT2D eigenvalue weighted by Gasteiger charge is 2.08. The average molecular weight is 435 g/mol. The van der Waals surface area contributed by atoms with Gasteiger partial charge in [0, 0.05) is 26.8 Å². The fourth-order valence-corrected chi connectivity index (χ4v) is 3.66. The van der Waals surface area contributed by atoms with Crippen molar-refractivity contribution >= 4 is 11.8 Å². The van der Waals surface area contributed by atoms with Crippen LogP contribution in [0.15, 0.2) is 12.7 Å². The van der Waals surface area contributed by atoms with Crippen molar-refractivity contribution in [2.24, 2.45) is 0 Å². The summed E-state index contributed by atoms with van der Waals surface area (Å²) in [7, 11) is 0. The number of hydrogen-bond acceptors (Lipinski definition) is 4. The molecule has 29 heavy (non-hydrogen) atoms. The summed E-state index contributed by atoms with van der Waals surface area (Å²) in [6.07, 6.45) is 15.8. The van der Waals surface area contributed by atoms with E-state index in [1.54, 1.807) is 0 Å². The van der Waals surface area contributed by atoms with Crippen molar-refractivity contribution in [1.82, 2.24) is 10.2 Å². The zero-order valence-electron chi connectivity index (χ0n) is 19.7. The molecule has 0 saturated carbocycles. The number of hydrogen-bond donors (Lipinski definition) is 2. The summed E-state index contributed by atoms with van der Waals surface area (Å²) in [5.41, 5.74) is 0. The third-order valence-corrected chi connectivity index (χ3v) is 5.68. The molecule has 0 aliphatic carbocycles. The summed E-state index contributed by atoms with van der Waals surface area (Å²) in [4.78, 5) is 2.49. The van der Waals surface area contributed by atoms with Crippen LogP contribution in [0.4, 0.5) is 0 Å². The van der Waals surface area contributed by atoms with Crippen LogP contribution in [0.3, 0.4) is 0 Å². The lowest BCUT2D eigenvalue weighted by molar-refractivity contribution is 0.111. The first-order chi connectivity index (χ1) is 13.7. The first kappa shape index (κ1) is 33.6. The smallest absolute Gasteiger partial charge is 0.106 e. The predicted molar refractivity (Wildman–Crippen MR) is 140 cm³/mol. The topological polar surface area (TPSA) is 35.5 Å². The molecule has 0 aliphatic heterocycles. The standard InChI is InChI=1S/C22H46N2OS.C2H6.CH4.H2/c1-4-7-9-10-11-12-13-14-15-19-24(18-8-5-2)20-16-22(25)23-17-21-26-6-3;1-2;;/h5,22-23,25H,2,4,6-21H2,1,3H3;1-2H3;1H4;1H. The highest BCUT2D eigenvalue weighted by atomic mass is 32.2. The summed E-state index contributed by atoms with van der Waals surface area (Å²) < 4.78 is 0. The number of nitrogens with one attached hydrogen (secondary N) is 1. The number of aliphatic hydroxyl groups is 1. The van der Waals surface area contributed by atoms with Crippen molar-refractivity contribution in [3.05, 3.63) is 12.7 Å². The Hall–Kier alpha value is -0.0300. The van der Waals surface area contributed by atoms with Crippen LogP contribution in [0.25, 0.3) is 0 Å². The summed E-state index contributed by atoms with van der Waals surface area (Å²) in [6.45, 7) is 16.4. The molecule has 0 amide bonds. The normalized spacial score (nSPS) is 11.5. The van der Waals surface area contributed by atoms with Crippen molar-refractivity contribution in [2.45, 2.75) is 112 Å². The number of thioether (sulfide) groups is 1. The van der Waals surface area contributed by atoms with Gasteiger partial charge in [-0.05, 0) is 31.6 Å². The summed E-state index contributed by atoms with van der Waals surface area (Å²) >= 11 is 1.91. The molecule has 180 valence electrons. The van der Waals surface area contributed by atoms with E-state index in [-0.39, 0.29) is 15.1 Å². The molecule has 1 unspecified atom stereocenters. The summed E-state index contributed by atoms with van der Waals surface area (Å²) in [5, 5.41) is 13.3. The molecular formula is C25H58N2OS. The fourth-order valence-electron chi connectivity index (χ4n) is 3.10. The van der Waals surface area contributed by atoms with E-state index >= 15 is 0 Å². The average Bonchev–Trinajstić information content (AvgIpc) is 2.72. The van der Waals surface area contributed by atoms with Crippen molar-refractivity contribution < 1.29 is 6.53 Å². The lowest BCUT2D eigenvalue weighted by Gasteiger charge is -2.23. The fraction of sp³-hybridized carbons (Fsp3) is 0.920. The zero-order chi connectivity index (χ0) is 21.3. The summed E-state index contributed by atoms with van der Waals surface area (Å²) in [6, 6.07) is 0. The van der Waals surface area contributed by atoms with E-state index in [0.717, 1.165) is 50.5 Å². The van der Waals surface area contributed by atoms with Gasteiger partial charge >= 0.3 is 0 Å². The van der Waals surface area contributed by atoms with Crippen molar-refractivity contribution in [3.63, 3.8) is 0 Å². The molecule has 0 aromatic carbocycles. The van der Waals surface area contributed by atoms with Gasteiger partial charge < -0.3 is 10.0 Å². The van der Waals surface area contributed by atoms with Crippen LogP contribution in [-0.4, -0.2) is 53.9 Å². The molecular weight excluding hydrogens is 376 g/mol. The quantitative estimate of drug-likeness (QED) is 0.112. The highest BCUT2D eigenvalue weighted by molar-refractivity contribution is 7.99. The molecule has 1 atom stereocenters. The van der Waals surface area contributed by atoms with Crippen molar-refractivity contribution in [2.75, 3.05) is 37.7 Å². The van der Waals surface area contributed by atoms with Gasteiger partial charge in [-0.1, -0.05) is 92.6 Å². The van der Waals surface area contributed by atoms with E-state index in [1.165, 1.54) is 57.8 Å². The maximum atomic E-state index is 10.1. The molecule has 0 rings (SSSR count). The van der Waals surface area contributed by atoms with Crippen LogP contribution in [-0.2, 0) is 0 Å². The highest BCUT2D eigenvalue weighted by Crippen LogP contribution is 2.10. The summed E-state index contributed by atoms with van der Waals surface area (Å²) in [5.74, 6) is 2.22. The van der Waals surface area contributed by atoms with Gasteiger partial charge in [-0.25, -0.2) is 0 Å². The molecule has 0 fully saturated rings. The largest absolute Gasteiger partial charge is 0.379 e. The Morgan fingerprint density at radius 1 is 0.966 bits per heavy atom. The Morgan fingerprint density at radius 2 is 1.55 bits per heavy atom. The van der Waals surface area contributed by atoms with E-state index in [1.807, 2.05) is 31.7 Å². The van der Waals surface area contributed by atoms with Crippen molar-refractivity contribution in [3.8, 4) is 0 Å². The second kappa shape index (κ2) is 30.2. The Kier molecular flexibility index (Phi) is 35.0. The Bertz CT molecular complexity index is 296. The number of rotatable bonds is 21. The molecule has 0 aromatic rings. The Morgan fingerprint density at radius 3 is 2.10 bits per heavy atom. The van der Waals surface area contributed by atoms with Crippen LogP contribution in [0.1, 0.15) is 107 Å². The minimum absolute atomic E-state index is 0. The zero-order valence-corrected chi connectivity index (χ0v) is 20.5. The number of unbranched alkanes of at least 4 members (excludes halogenated alkanes) is 8. The van der Waals surface area contributed by atoms with Crippen LogP contribution < -0.4 is 5.32 Å². The molecule has 0 radical (unpaired) electrons. The molecule has 0 heterocycles.